The Morgan fingerprint density at radius 1 is 1.14 bits per heavy atom. The first-order chi connectivity index (χ1) is 24.1. The summed E-state index contributed by atoms with van der Waals surface area (Å²) >= 11 is 0. The summed E-state index contributed by atoms with van der Waals surface area (Å²) in [5.41, 5.74) is 1.56. The van der Waals surface area contributed by atoms with Gasteiger partial charge >= 0.3 is 12.1 Å². The third kappa shape index (κ3) is 5.20. The maximum absolute atomic E-state index is 14.1. The fourth-order valence-corrected chi connectivity index (χ4v) is 6.92. The van der Waals surface area contributed by atoms with Crippen LogP contribution in [0.4, 0.5) is 24.7 Å². The van der Waals surface area contributed by atoms with E-state index in [1.165, 1.54) is 11.1 Å². The van der Waals surface area contributed by atoms with Gasteiger partial charge in [0.1, 0.15) is 46.3 Å². The first-order valence-electron chi connectivity index (χ1n) is 15.8. The van der Waals surface area contributed by atoms with Crippen molar-refractivity contribution >= 4 is 39.5 Å². The third-order valence-electron chi connectivity index (χ3n) is 9.56. The quantitative estimate of drug-likeness (QED) is 0.259. The minimum Gasteiger partial charge on any atom is -0.480 e. The van der Waals surface area contributed by atoms with Crippen LogP contribution in [0.5, 0.6) is 5.88 Å². The van der Waals surface area contributed by atoms with Gasteiger partial charge in [0.25, 0.3) is 0 Å². The van der Waals surface area contributed by atoms with E-state index in [1.807, 2.05) is 13.0 Å². The number of carbonyl (C=O) groups is 1. The zero-order valence-electron chi connectivity index (χ0n) is 26.4. The number of anilines is 2. The van der Waals surface area contributed by atoms with E-state index in [4.69, 9.17) is 18.6 Å². The number of aliphatic carboxylic acids is 1. The predicted octanol–water partition coefficient (Wildman–Crippen LogP) is 4.83. The second-order valence-electron chi connectivity index (χ2n) is 12.5. The fourth-order valence-electron chi connectivity index (χ4n) is 6.92. The number of rotatable bonds is 6. The third-order valence-corrected chi connectivity index (χ3v) is 9.56. The van der Waals surface area contributed by atoms with Gasteiger partial charge in [0.05, 0.1) is 32.4 Å². The summed E-state index contributed by atoms with van der Waals surface area (Å²) in [6, 6.07) is 12.4. The zero-order chi connectivity index (χ0) is 34.8. The van der Waals surface area contributed by atoms with Crippen LogP contribution in [-0.2, 0) is 20.4 Å². The second-order valence-corrected chi connectivity index (χ2v) is 12.5. The molecule has 256 valence electrons. The first-order valence-corrected chi connectivity index (χ1v) is 15.8. The fraction of sp³-hybridized carbons (Fsp3) is 0.353. The molecule has 4 aromatic heterocycles. The number of carboxylic acids is 1. The zero-order valence-corrected chi connectivity index (χ0v) is 26.4. The van der Waals surface area contributed by atoms with Crippen LogP contribution in [-0.4, -0.2) is 87.7 Å². The van der Waals surface area contributed by atoms with E-state index in [0.29, 0.717) is 48.6 Å². The van der Waals surface area contributed by atoms with Gasteiger partial charge in [-0.2, -0.15) is 18.4 Å². The minimum atomic E-state index is -4.91. The van der Waals surface area contributed by atoms with Crippen molar-refractivity contribution in [2.75, 3.05) is 42.7 Å². The van der Waals surface area contributed by atoms with Gasteiger partial charge in [0.15, 0.2) is 11.4 Å². The Hall–Kier alpha value is -5.53. The van der Waals surface area contributed by atoms with Crippen molar-refractivity contribution < 1.29 is 41.7 Å². The lowest BCUT2D eigenvalue weighted by atomic mass is 9.90. The van der Waals surface area contributed by atoms with E-state index in [9.17, 15) is 28.3 Å². The van der Waals surface area contributed by atoms with Crippen LogP contribution in [0.2, 0.25) is 0 Å². The van der Waals surface area contributed by atoms with E-state index >= 15 is 0 Å². The topological polar surface area (TPSA) is 160 Å². The highest BCUT2D eigenvalue weighted by atomic mass is 19.4. The van der Waals surface area contributed by atoms with Crippen LogP contribution >= 0.6 is 0 Å². The molecule has 3 saturated heterocycles. The van der Waals surface area contributed by atoms with Crippen LogP contribution in [0.1, 0.15) is 24.9 Å². The number of halogens is 3. The van der Waals surface area contributed by atoms with E-state index < -0.39 is 35.7 Å². The van der Waals surface area contributed by atoms with Crippen LogP contribution in [0.3, 0.4) is 0 Å². The van der Waals surface area contributed by atoms with E-state index in [0.717, 1.165) is 0 Å². The standard InChI is InChI=1S/C34H28F3N7O6/c1-18-33(16-47-17-33)48-10-9-43(18)24-11-19(21-6-4-8-39-23(21)13-38)14-40-30(24)49-20-12-25(31(45)46)44(15-20)29-28-27(41-32(42-29)34(35,36)37)22-5-2-3-7-26(22)50-28/h2-8,11,14,18,20,25H,9-10,12,15-17H2,1H3,(H,45,46)/t18-,20-,25-/m0/s1. The van der Waals surface area contributed by atoms with Crippen LogP contribution in [0, 0.1) is 11.3 Å². The molecule has 3 fully saturated rings. The van der Waals surface area contributed by atoms with Crippen molar-refractivity contribution in [2.24, 2.45) is 0 Å². The molecule has 3 aliphatic heterocycles. The van der Waals surface area contributed by atoms with Gasteiger partial charge in [-0.25, -0.2) is 24.7 Å². The summed E-state index contributed by atoms with van der Waals surface area (Å²) in [6.45, 7) is 3.55. The molecule has 13 nitrogen and oxygen atoms in total. The Kier molecular flexibility index (Phi) is 7.49. The van der Waals surface area contributed by atoms with Gasteiger partial charge in [-0.3, -0.25) is 0 Å². The van der Waals surface area contributed by atoms with E-state index in [2.05, 4.69) is 30.9 Å². The van der Waals surface area contributed by atoms with Crippen molar-refractivity contribution in [3.05, 3.63) is 66.4 Å². The van der Waals surface area contributed by atoms with Crippen molar-refractivity contribution in [1.82, 2.24) is 19.9 Å². The van der Waals surface area contributed by atoms with Crippen molar-refractivity contribution in [3.63, 3.8) is 0 Å². The van der Waals surface area contributed by atoms with Gasteiger partial charge < -0.3 is 33.5 Å². The largest absolute Gasteiger partial charge is 0.480 e. The summed E-state index contributed by atoms with van der Waals surface area (Å²) in [5, 5.41) is 20.4. The van der Waals surface area contributed by atoms with Crippen molar-refractivity contribution in [1.29, 1.82) is 5.26 Å². The van der Waals surface area contributed by atoms with Crippen LogP contribution in [0.15, 0.2) is 59.3 Å². The molecule has 8 rings (SSSR count). The number of aromatic nitrogens is 4. The summed E-state index contributed by atoms with van der Waals surface area (Å²) < 4.78 is 66.3. The molecule has 0 aliphatic carbocycles. The number of benzene rings is 1. The summed E-state index contributed by atoms with van der Waals surface area (Å²) in [7, 11) is 0. The molecule has 0 bridgehead atoms. The molecule has 0 saturated carbocycles. The molecule has 7 heterocycles. The highest BCUT2D eigenvalue weighted by Gasteiger charge is 2.50. The Labute approximate surface area is 281 Å². The lowest BCUT2D eigenvalue weighted by molar-refractivity contribution is -0.228. The molecule has 0 radical (unpaired) electrons. The molecule has 0 unspecified atom stereocenters. The summed E-state index contributed by atoms with van der Waals surface area (Å²) in [4.78, 5) is 32.4. The van der Waals surface area contributed by atoms with Gasteiger partial charge in [0.2, 0.25) is 11.7 Å². The molecule has 1 spiro atoms. The average molecular weight is 688 g/mol. The van der Waals surface area contributed by atoms with Crippen molar-refractivity contribution in [3.8, 4) is 23.1 Å². The number of pyridine rings is 2. The van der Waals surface area contributed by atoms with Crippen LogP contribution in [0.25, 0.3) is 33.2 Å². The number of fused-ring (bicyclic) bond motifs is 3. The second kappa shape index (κ2) is 11.8. The number of carboxylic acid groups (broad SMARTS) is 1. The SMILES string of the molecule is C[C@@H]1N(c2cc(-c3cccnc3C#N)cnc2O[C@H]2C[C@@H](C(=O)O)N(c3nc(C(F)(F)F)nc4c3oc3ccccc34)C2)CCOC12COC2. The summed E-state index contributed by atoms with van der Waals surface area (Å²) in [5.74, 6) is -2.80. The number of morpholine rings is 1. The molecular formula is C34H28F3N7O6. The number of hydrogen-bond donors (Lipinski definition) is 1. The highest BCUT2D eigenvalue weighted by molar-refractivity contribution is 6.06. The molecule has 1 aromatic carbocycles. The lowest BCUT2D eigenvalue weighted by Gasteiger charge is -2.53. The van der Waals surface area contributed by atoms with Gasteiger partial charge in [-0.15, -0.1) is 0 Å². The molecule has 1 N–H and O–H groups in total. The number of hydrogen-bond acceptors (Lipinski definition) is 12. The van der Waals surface area contributed by atoms with Gasteiger partial charge in [-0.05, 0) is 37.3 Å². The molecule has 3 aliphatic rings. The average Bonchev–Trinajstić information content (AvgIpc) is 3.69. The highest BCUT2D eigenvalue weighted by Crippen LogP contribution is 2.42. The molecule has 16 heteroatoms. The maximum Gasteiger partial charge on any atom is 0.451 e. The van der Waals surface area contributed by atoms with Crippen molar-refractivity contribution in [2.45, 2.75) is 43.3 Å². The predicted molar refractivity (Wildman–Crippen MR) is 171 cm³/mol. The molecule has 3 atom stereocenters. The lowest BCUT2D eigenvalue weighted by Crippen LogP contribution is -2.68. The maximum atomic E-state index is 14.1. The molecule has 5 aromatic rings. The first kappa shape index (κ1) is 31.7. The Morgan fingerprint density at radius 3 is 2.70 bits per heavy atom. The molecule has 0 amide bonds. The van der Waals surface area contributed by atoms with Gasteiger partial charge in [0, 0.05) is 41.9 Å². The Balaban J connectivity index is 1.19. The normalized spacial score (nSPS) is 21.8. The number of alkyl halides is 3. The minimum absolute atomic E-state index is 0.0609. The summed E-state index contributed by atoms with van der Waals surface area (Å²) in [6.07, 6.45) is -2.76. The monoisotopic (exact) mass is 687 g/mol. The number of ether oxygens (including phenoxy) is 3. The van der Waals surface area contributed by atoms with E-state index in [1.54, 1.807) is 42.6 Å². The van der Waals surface area contributed by atoms with Gasteiger partial charge in [-0.1, -0.05) is 12.1 Å². The molecular weight excluding hydrogens is 659 g/mol. The number of nitriles is 1. The Morgan fingerprint density at radius 2 is 1.96 bits per heavy atom. The number of nitrogens with zero attached hydrogens (tertiary/aromatic N) is 7. The van der Waals surface area contributed by atoms with Crippen LogP contribution < -0.4 is 14.5 Å². The van der Waals surface area contributed by atoms with E-state index in [-0.39, 0.29) is 53.1 Å². The number of furan rings is 1. The smallest absolute Gasteiger partial charge is 0.451 e. The Bertz CT molecular complexity index is 2180. The molecule has 50 heavy (non-hydrogen) atoms. The number of para-hydroxylation sites is 1.